The summed E-state index contributed by atoms with van der Waals surface area (Å²) in [5.74, 6) is -2.45. The molecular weight excluding hydrogens is 581 g/mol. The van der Waals surface area contributed by atoms with Crippen LogP contribution in [0.2, 0.25) is 0 Å². The van der Waals surface area contributed by atoms with Gasteiger partial charge in [0.1, 0.15) is 17.2 Å². The van der Waals surface area contributed by atoms with E-state index in [-0.39, 0.29) is 31.4 Å². The third-order valence-corrected chi connectivity index (χ3v) is 9.05. The Balaban J connectivity index is 1.27. The maximum absolute atomic E-state index is 13.0. The van der Waals surface area contributed by atoms with E-state index in [4.69, 9.17) is 0 Å². The van der Waals surface area contributed by atoms with Gasteiger partial charge in [-0.3, -0.25) is 19.3 Å². The number of piperidine rings is 1. The molecule has 43 heavy (non-hydrogen) atoms. The van der Waals surface area contributed by atoms with Gasteiger partial charge in [0.15, 0.2) is 5.92 Å². The molecule has 0 bridgehead atoms. The lowest BCUT2D eigenvalue weighted by Gasteiger charge is -2.31. The number of amides is 3. The molecule has 0 radical (unpaired) electrons. The summed E-state index contributed by atoms with van der Waals surface area (Å²) in [6.45, 7) is 2.46. The zero-order valence-electron chi connectivity index (χ0n) is 23.8. The standard InChI is InChI=1S/C30H35F3N6O3S/c1-2-39-28(42)25(43-29(39)24(16-34)27(41)36-19-30(31,32)33)17-35-22-9-6-10-23(15-22)37-26(40)18-38-13-11-21(12-14-38)20-7-4-3-5-8-20/h3-10,15,21,24-25,29,35H,2,11-14,17-19H2,1H3,(H,36,41)(H,37,40)/t24-,25-,29?/m1/s1. The third kappa shape index (κ3) is 8.87. The summed E-state index contributed by atoms with van der Waals surface area (Å²) in [6, 6.07) is 19.3. The summed E-state index contributed by atoms with van der Waals surface area (Å²) in [5, 5.41) is 15.8. The number of nitrogens with one attached hydrogen (secondary N) is 3. The fourth-order valence-corrected chi connectivity index (χ4v) is 6.87. The van der Waals surface area contributed by atoms with Gasteiger partial charge in [0, 0.05) is 24.5 Å². The van der Waals surface area contributed by atoms with Crippen LogP contribution < -0.4 is 16.0 Å². The van der Waals surface area contributed by atoms with Crippen molar-refractivity contribution in [3.05, 3.63) is 60.2 Å². The number of halogens is 3. The van der Waals surface area contributed by atoms with Crippen LogP contribution >= 0.6 is 11.8 Å². The average molecular weight is 617 g/mol. The van der Waals surface area contributed by atoms with Crippen molar-refractivity contribution >= 4 is 40.9 Å². The van der Waals surface area contributed by atoms with Gasteiger partial charge in [-0.1, -0.05) is 36.4 Å². The van der Waals surface area contributed by atoms with Crippen LogP contribution in [0.1, 0.15) is 31.2 Å². The second-order valence-corrected chi connectivity index (χ2v) is 11.9. The van der Waals surface area contributed by atoms with Crippen molar-refractivity contribution in [2.75, 3.05) is 49.9 Å². The highest BCUT2D eigenvalue weighted by molar-refractivity contribution is 8.01. The molecule has 230 valence electrons. The van der Waals surface area contributed by atoms with Gasteiger partial charge < -0.3 is 20.9 Å². The third-order valence-electron chi connectivity index (χ3n) is 7.54. The van der Waals surface area contributed by atoms with Crippen LogP contribution in [0.3, 0.4) is 0 Å². The molecule has 1 unspecified atom stereocenters. The van der Waals surface area contributed by atoms with E-state index in [2.05, 4.69) is 39.8 Å². The largest absolute Gasteiger partial charge is 0.405 e. The van der Waals surface area contributed by atoms with Gasteiger partial charge in [-0.15, -0.1) is 11.8 Å². The maximum Gasteiger partial charge on any atom is 0.405 e. The van der Waals surface area contributed by atoms with Crippen molar-refractivity contribution < 1.29 is 27.6 Å². The molecule has 2 aromatic rings. The molecule has 2 saturated heterocycles. The number of likely N-dealkylation sites (tertiary alicyclic amines) is 1. The number of thioether (sulfide) groups is 1. The molecule has 2 aliphatic heterocycles. The van der Waals surface area contributed by atoms with Crippen molar-refractivity contribution in [3.63, 3.8) is 0 Å². The Bertz CT molecular complexity index is 1310. The molecule has 9 nitrogen and oxygen atoms in total. The average Bonchev–Trinajstić information content (AvgIpc) is 3.30. The molecule has 4 rings (SSSR count). The summed E-state index contributed by atoms with van der Waals surface area (Å²) in [4.78, 5) is 41.6. The summed E-state index contributed by atoms with van der Waals surface area (Å²) in [6.07, 6.45) is -2.62. The highest BCUT2D eigenvalue weighted by atomic mass is 32.2. The number of nitriles is 1. The first-order chi connectivity index (χ1) is 20.6. The number of carbonyl (C=O) groups is 3. The van der Waals surface area contributed by atoms with E-state index in [1.54, 1.807) is 42.6 Å². The van der Waals surface area contributed by atoms with Crippen molar-refractivity contribution in [2.24, 2.45) is 5.92 Å². The topological polar surface area (TPSA) is 118 Å². The summed E-state index contributed by atoms with van der Waals surface area (Å²) < 4.78 is 37.7. The number of nitrogens with zero attached hydrogens (tertiary/aromatic N) is 3. The van der Waals surface area contributed by atoms with Gasteiger partial charge in [-0.25, -0.2) is 0 Å². The number of hydrogen-bond acceptors (Lipinski definition) is 7. The number of benzene rings is 2. The minimum absolute atomic E-state index is 0.121. The fraction of sp³-hybridized carbons (Fsp3) is 0.467. The van der Waals surface area contributed by atoms with Crippen molar-refractivity contribution in [1.29, 1.82) is 5.26 Å². The first-order valence-electron chi connectivity index (χ1n) is 14.2. The lowest BCUT2D eigenvalue weighted by molar-refractivity contribution is -0.141. The van der Waals surface area contributed by atoms with Crippen molar-refractivity contribution in [3.8, 4) is 6.07 Å². The highest BCUT2D eigenvalue weighted by Crippen LogP contribution is 2.36. The van der Waals surface area contributed by atoms with Crippen LogP contribution in [0, 0.1) is 17.2 Å². The molecule has 0 saturated carbocycles. The number of carbonyl (C=O) groups excluding carboxylic acids is 3. The minimum atomic E-state index is -4.61. The molecule has 0 spiro atoms. The monoisotopic (exact) mass is 616 g/mol. The molecular formula is C30H35F3N6O3S. The maximum atomic E-state index is 13.0. The first kappa shape index (κ1) is 32.2. The Morgan fingerprint density at radius 1 is 1.09 bits per heavy atom. The van der Waals surface area contributed by atoms with Crippen molar-refractivity contribution in [2.45, 2.75) is 42.5 Å². The number of rotatable bonds is 11. The van der Waals surface area contributed by atoms with E-state index >= 15 is 0 Å². The number of hydrogen-bond donors (Lipinski definition) is 3. The number of anilines is 2. The zero-order chi connectivity index (χ0) is 31.0. The SMILES string of the molecule is CCN1C(=O)[C@@H](CNc2cccc(NC(=O)CN3CCC(c4ccccc4)CC3)c2)SC1[C@H](C#N)C(=O)NCC(F)(F)F. The molecule has 2 fully saturated rings. The quantitative estimate of drug-likeness (QED) is 0.349. The summed E-state index contributed by atoms with van der Waals surface area (Å²) >= 11 is 1.07. The Kier molecular flexibility index (Phi) is 10.9. The molecule has 2 aliphatic rings. The molecule has 3 atom stereocenters. The summed E-state index contributed by atoms with van der Waals surface area (Å²) in [7, 11) is 0. The highest BCUT2D eigenvalue weighted by Gasteiger charge is 2.46. The van der Waals surface area contributed by atoms with Gasteiger partial charge in [0.25, 0.3) is 0 Å². The molecule has 3 N–H and O–H groups in total. The van der Waals surface area contributed by atoms with E-state index < -0.39 is 35.2 Å². The molecule has 0 aromatic heterocycles. The fourth-order valence-electron chi connectivity index (χ4n) is 5.36. The van der Waals surface area contributed by atoms with Gasteiger partial charge in [-0.05, 0) is 62.5 Å². The Labute approximate surface area is 253 Å². The van der Waals surface area contributed by atoms with Crippen LogP contribution in [0.5, 0.6) is 0 Å². The zero-order valence-corrected chi connectivity index (χ0v) is 24.6. The normalized spacial score (nSPS) is 20.3. The van der Waals surface area contributed by atoms with E-state index in [0.29, 0.717) is 17.3 Å². The van der Waals surface area contributed by atoms with Crippen LogP contribution in [0.4, 0.5) is 24.5 Å². The van der Waals surface area contributed by atoms with Gasteiger partial charge >= 0.3 is 6.18 Å². The predicted molar refractivity (Wildman–Crippen MR) is 159 cm³/mol. The van der Waals surface area contributed by atoms with Gasteiger partial charge in [0.05, 0.1) is 12.6 Å². The van der Waals surface area contributed by atoms with Crippen LogP contribution in [0.15, 0.2) is 54.6 Å². The smallest absolute Gasteiger partial charge is 0.383 e. The molecule has 0 aliphatic carbocycles. The van der Waals surface area contributed by atoms with Gasteiger partial charge in [0.2, 0.25) is 17.7 Å². The predicted octanol–water partition coefficient (Wildman–Crippen LogP) is 4.02. The molecule has 3 amide bonds. The van der Waals surface area contributed by atoms with E-state index in [9.17, 15) is 32.8 Å². The van der Waals surface area contributed by atoms with Crippen LogP contribution in [-0.4, -0.2) is 83.6 Å². The summed E-state index contributed by atoms with van der Waals surface area (Å²) in [5.41, 5.74) is 2.59. The minimum Gasteiger partial charge on any atom is -0.383 e. The molecule has 2 aromatic carbocycles. The lowest BCUT2D eigenvalue weighted by Crippen LogP contribution is -2.45. The van der Waals surface area contributed by atoms with Crippen molar-refractivity contribution in [1.82, 2.24) is 15.1 Å². The number of alkyl halides is 3. The lowest BCUT2D eigenvalue weighted by atomic mass is 9.89. The van der Waals surface area contributed by atoms with Crippen LogP contribution in [0.25, 0.3) is 0 Å². The van der Waals surface area contributed by atoms with Gasteiger partial charge in [-0.2, -0.15) is 18.4 Å². The Hall–Kier alpha value is -3.76. The van der Waals surface area contributed by atoms with E-state index in [1.807, 2.05) is 6.07 Å². The Morgan fingerprint density at radius 3 is 2.44 bits per heavy atom. The van der Waals surface area contributed by atoms with E-state index in [1.165, 1.54) is 10.5 Å². The van der Waals surface area contributed by atoms with Crippen LogP contribution in [-0.2, 0) is 14.4 Å². The molecule has 13 heteroatoms. The molecule has 2 heterocycles. The first-order valence-corrected chi connectivity index (χ1v) is 15.1. The second kappa shape index (κ2) is 14.6. The Morgan fingerprint density at radius 2 is 1.79 bits per heavy atom. The van der Waals surface area contributed by atoms with E-state index in [0.717, 1.165) is 37.7 Å². The second-order valence-electron chi connectivity index (χ2n) is 10.6.